The molecule has 0 atom stereocenters. The Morgan fingerprint density at radius 2 is 2.24 bits per heavy atom. The Balaban J connectivity index is 2.49. The molecule has 88 valence electrons. The van der Waals surface area contributed by atoms with Crippen molar-refractivity contribution < 1.29 is 0 Å². The van der Waals surface area contributed by atoms with Crippen molar-refractivity contribution in [3.05, 3.63) is 51.5 Å². The molecule has 0 bridgehead atoms. The molecule has 2 aromatic rings. The molecule has 0 aliphatic heterocycles. The van der Waals surface area contributed by atoms with Gasteiger partial charge in [0.05, 0.1) is 17.2 Å². The van der Waals surface area contributed by atoms with Gasteiger partial charge in [0.1, 0.15) is 0 Å². The van der Waals surface area contributed by atoms with Crippen LogP contribution >= 0.6 is 28.6 Å². The van der Waals surface area contributed by atoms with E-state index in [1.54, 1.807) is 17.0 Å². The van der Waals surface area contributed by atoms with E-state index in [1.165, 1.54) is 0 Å². The van der Waals surface area contributed by atoms with Gasteiger partial charge < -0.3 is 0 Å². The lowest BCUT2D eigenvalue weighted by Crippen LogP contribution is -2.19. The first-order valence-corrected chi connectivity index (χ1v) is 6.55. The molecule has 2 rings (SSSR count). The summed E-state index contributed by atoms with van der Waals surface area (Å²) >= 11 is 7.42. The smallest absolute Gasteiger partial charge is 0.261 e. The largest absolute Gasteiger partial charge is 0.295 e. The molecule has 0 aliphatic carbocycles. The molecule has 0 N–H and O–H groups in total. The second kappa shape index (κ2) is 5.51. The fourth-order valence-corrected chi connectivity index (χ4v) is 2.03. The van der Waals surface area contributed by atoms with Crippen LogP contribution in [-0.2, 0) is 6.54 Å². The Morgan fingerprint density at radius 3 is 3.00 bits per heavy atom. The summed E-state index contributed by atoms with van der Waals surface area (Å²) < 4.78 is 2.46. The summed E-state index contributed by atoms with van der Waals surface area (Å²) in [6.45, 7) is 0.523. The summed E-state index contributed by atoms with van der Waals surface area (Å²) in [5, 5.41) is 0.626. The Morgan fingerprint density at radius 1 is 1.41 bits per heavy atom. The number of fused-ring (bicyclic) bond motifs is 1. The topological polar surface area (TPSA) is 34.9 Å². The van der Waals surface area contributed by atoms with Crippen molar-refractivity contribution in [2.24, 2.45) is 0 Å². The minimum atomic E-state index is -0.0277. The zero-order valence-corrected chi connectivity index (χ0v) is 11.5. The fraction of sp³-hybridized carbons (Fsp3) is 0.167. The van der Waals surface area contributed by atoms with Crippen LogP contribution in [0.25, 0.3) is 10.9 Å². The maximum atomic E-state index is 12.1. The predicted molar refractivity (Wildman–Crippen MR) is 76.7 cm³/mol. The van der Waals surface area contributed by atoms with Crippen molar-refractivity contribution in [3.8, 4) is 0 Å². The Bertz CT molecular complexity index is 621. The molecule has 1 aromatic carbocycles. The molecule has 1 aromatic heterocycles. The molecule has 0 spiro atoms. The van der Waals surface area contributed by atoms with Crippen LogP contribution in [-0.4, -0.2) is 15.3 Å². The van der Waals surface area contributed by atoms with Gasteiger partial charge in [-0.2, -0.15) is 12.6 Å². The van der Waals surface area contributed by atoms with Crippen LogP contribution in [0.5, 0.6) is 0 Å². The Hall–Kier alpha value is -1.07. The minimum absolute atomic E-state index is 0.0277. The van der Waals surface area contributed by atoms with Gasteiger partial charge in [0.15, 0.2) is 0 Å². The summed E-state index contributed by atoms with van der Waals surface area (Å²) in [7, 11) is 0. The molecule has 17 heavy (non-hydrogen) atoms. The van der Waals surface area contributed by atoms with E-state index < -0.39 is 0 Å². The van der Waals surface area contributed by atoms with Crippen molar-refractivity contribution in [1.29, 1.82) is 0 Å². The number of hydrogen-bond acceptors (Lipinski definition) is 3. The number of hydrogen-bond donors (Lipinski definition) is 1. The number of benzene rings is 1. The van der Waals surface area contributed by atoms with Gasteiger partial charge in [-0.1, -0.05) is 28.1 Å². The summed E-state index contributed by atoms with van der Waals surface area (Å²) in [6, 6.07) is 5.50. The molecule has 3 nitrogen and oxygen atoms in total. The third-order valence-corrected chi connectivity index (χ3v) is 3.06. The van der Waals surface area contributed by atoms with E-state index in [2.05, 4.69) is 33.5 Å². The zero-order chi connectivity index (χ0) is 12.3. The maximum absolute atomic E-state index is 12.1. The van der Waals surface area contributed by atoms with Crippen LogP contribution in [0.1, 0.15) is 0 Å². The maximum Gasteiger partial charge on any atom is 0.261 e. The van der Waals surface area contributed by atoms with Gasteiger partial charge >= 0.3 is 0 Å². The summed E-state index contributed by atoms with van der Waals surface area (Å²) in [5.41, 5.74) is 0.688. The van der Waals surface area contributed by atoms with Crippen molar-refractivity contribution in [3.63, 3.8) is 0 Å². The van der Waals surface area contributed by atoms with Gasteiger partial charge in [0.25, 0.3) is 5.56 Å². The lowest BCUT2D eigenvalue weighted by molar-refractivity contribution is 0.766. The number of halogens is 1. The van der Waals surface area contributed by atoms with E-state index in [0.717, 1.165) is 4.47 Å². The first kappa shape index (κ1) is 12.4. The van der Waals surface area contributed by atoms with Crippen molar-refractivity contribution in [2.75, 3.05) is 5.75 Å². The van der Waals surface area contributed by atoms with Crippen LogP contribution in [0.15, 0.2) is 45.9 Å². The standard InChI is InChI=1S/C12H11BrN2OS/c13-9-3-4-11-10(7-9)12(16)15(8-14-11)5-1-2-6-17/h1-4,7-8,17H,5-6H2. The number of nitrogens with zero attached hydrogens (tertiary/aromatic N) is 2. The molecule has 0 aliphatic rings. The second-order valence-corrected chi connectivity index (χ2v) is 4.80. The molecule has 0 fully saturated rings. The van der Waals surface area contributed by atoms with Gasteiger partial charge in [-0.15, -0.1) is 0 Å². The van der Waals surface area contributed by atoms with Gasteiger partial charge in [0.2, 0.25) is 0 Å². The van der Waals surface area contributed by atoms with E-state index in [1.807, 2.05) is 24.3 Å². The Labute approximate surface area is 113 Å². The van der Waals surface area contributed by atoms with Gasteiger partial charge in [-0.3, -0.25) is 9.36 Å². The van der Waals surface area contributed by atoms with Crippen LogP contribution < -0.4 is 5.56 Å². The fourth-order valence-electron chi connectivity index (χ4n) is 1.52. The van der Waals surface area contributed by atoms with E-state index in [4.69, 9.17) is 0 Å². The molecule has 0 unspecified atom stereocenters. The number of allylic oxidation sites excluding steroid dienone is 1. The molecule has 0 saturated heterocycles. The van der Waals surface area contributed by atoms with Crippen molar-refractivity contribution in [2.45, 2.75) is 6.54 Å². The average Bonchev–Trinajstić information content (AvgIpc) is 2.33. The number of thiol groups is 1. The Kier molecular flexibility index (Phi) is 4.02. The minimum Gasteiger partial charge on any atom is -0.295 e. The highest BCUT2D eigenvalue weighted by molar-refractivity contribution is 9.10. The van der Waals surface area contributed by atoms with Crippen molar-refractivity contribution >= 4 is 39.5 Å². The third kappa shape index (κ3) is 2.79. The molecular formula is C12H11BrN2OS. The highest BCUT2D eigenvalue weighted by Gasteiger charge is 2.03. The predicted octanol–water partition coefficient (Wildman–Crippen LogP) is 2.65. The van der Waals surface area contributed by atoms with Gasteiger partial charge in [-0.05, 0) is 18.2 Å². The first-order chi connectivity index (χ1) is 8.22. The first-order valence-electron chi connectivity index (χ1n) is 5.13. The summed E-state index contributed by atoms with van der Waals surface area (Å²) in [6.07, 6.45) is 5.38. The lowest BCUT2D eigenvalue weighted by atomic mass is 10.2. The molecule has 0 amide bonds. The molecular weight excluding hydrogens is 300 g/mol. The third-order valence-electron chi connectivity index (χ3n) is 2.36. The summed E-state index contributed by atoms with van der Waals surface area (Å²) in [5.74, 6) is 0.668. The summed E-state index contributed by atoms with van der Waals surface area (Å²) in [4.78, 5) is 16.4. The number of aromatic nitrogens is 2. The SMILES string of the molecule is O=c1c2cc(Br)ccc2ncn1CC=CCS. The van der Waals surface area contributed by atoms with Crippen molar-refractivity contribution in [1.82, 2.24) is 9.55 Å². The van der Waals surface area contributed by atoms with E-state index >= 15 is 0 Å². The highest BCUT2D eigenvalue weighted by Crippen LogP contribution is 2.14. The molecule has 0 saturated carbocycles. The van der Waals surface area contributed by atoms with Crippen LogP contribution in [0.4, 0.5) is 0 Å². The molecule has 0 radical (unpaired) electrons. The molecule has 1 heterocycles. The van der Waals surface area contributed by atoms with E-state index in [0.29, 0.717) is 23.2 Å². The lowest BCUT2D eigenvalue weighted by Gasteiger charge is -2.03. The normalized spacial score (nSPS) is 11.4. The zero-order valence-electron chi connectivity index (χ0n) is 9.01. The van der Waals surface area contributed by atoms with Gasteiger partial charge in [-0.25, -0.2) is 4.98 Å². The van der Waals surface area contributed by atoms with Gasteiger partial charge in [0, 0.05) is 16.8 Å². The quantitative estimate of drug-likeness (QED) is 0.698. The monoisotopic (exact) mass is 310 g/mol. The number of rotatable bonds is 3. The van der Waals surface area contributed by atoms with Crippen LogP contribution in [0, 0.1) is 0 Å². The molecule has 5 heteroatoms. The second-order valence-electron chi connectivity index (χ2n) is 3.52. The average molecular weight is 311 g/mol. The van der Waals surface area contributed by atoms with E-state index in [9.17, 15) is 4.79 Å². The van der Waals surface area contributed by atoms with Crippen LogP contribution in [0.2, 0.25) is 0 Å². The highest BCUT2D eigenvalue weighted by atomic mass is 79.9. The van der Waals surface area contributed by atoms with E-state index in [-0.39, 0.29) is 5.56 Å². The van der Waals surface area contributed by atoms with Crippen LogP contribution in [0.3, 0.4) is 0 Å².